The van der Waals surface area contributed by atoms with Crippen LogP contribution in [0.25, 0.3) is 0 Å². The number of fused-ring (bicyclic) bond motifs is 8. The highest BCUT2D eigenvalue weighted by molar-refractivity contribution is 5.50. The molecule has 10 atom stereocenters. The Labute approximate surface area is 288 Å². The van der Waals surface area contributed by atoms with Crippen molar-refractivity contribution in [1.82, 2.24) is 9.80 Å². The van der Waals surface area contributed by atoms with Crippen molar-refractivity contribution in [3.8, 4) is 0 Å². The topological polar surface area (TPSA) is 15.7 Å². The number of ether oxygens (including phenoxy) is 1. The number of likely N-dealkylation sites (tertiary alicyclic amines) is 1. The second-order valence-electron chi connectivity index (χ2n) is 16.7. The lowest BCUT2D eigenvalue weighted by atomic mass is 9.69. The smallest absolute Gasteiger partial charge is 0.109 e. The first kappa shape index (κ1) is 29.5. The average Bonchev–Trinajstić information content (AvgIpc) is 3.75. The first-order valence-corrected chi connectivity index (χ1v) is 19.4. The summed E-state index contributed by atoms with van der Waals surface area (Å²) in [7, 11) is 0. The normalized spacial score (nSPS) is 40.9. The van der Waals surface area contributed by atoms with Gasteiger partial charge >= 0.3 is 0 Å². The van der Waals surface area contributed by atoms with Gasteiger partial charge in [0.15, 0.2) is 0 Å². The van der Waals surface area contributed by atoms with E-state index in [2.05, 4.69) is 121 Å². The standard InChI is InChI=1S/C45H52N2O/c1-45(2)35-19-9-6-17-32(35)43-36(45)20-12-22-39(43)47(40-23-13-25-42-44(40)33-18-8-11-24-41(33)48-42)30-26-27-38-34(28-30)31-16-7-10-21-37(31)46(38)29-14-4-3-5-15-29/h4,6-9,12,14-18,22-23,26-28,31,33-39,41,43H,3,5,10-11,13,19-21,24-25H2,1-2H3. The summed E-state index contributed by atoms with van der Waals surface area (Å²) < 4.78 is 6.81. The molecule has 2 fully saturated rings. The van der Waals surface area contributed by atoms with Gasteiger partial charge in [-0.25, -0.2) is 0 Å². The number of rotatable bonds is 4. The minimum atomic E-state index is 0.282. The Kier molecular flexibility index (Phi) is 6.93. The minimum absolute atomic E-state index is 0.282. The quantitative estimate of drug-likeness (QED) is 0.286. The monoisotopic (exact) mass is 636 g/mol. The fourth-order valence-corrected chi connectivity index (χ4v) is 12.0. The van der Waals surface area contributed by atoms with E-state index in [-0.39, 0.29) is 5.41 Å². The molecule has 10 rings (SSSR count). The molecule has 3 nitrogen and oxygen atoms in total. The fraction of sp³-hybridized carbons (Fsp3) is 0.511. The zero-order valence-electron chi connectivity index (χ0n) is 28.9. The zero-order chi connectivity index (χ0) is 32.0. The summed E-state index contributed by atoms with van der Waals surface area (Å²) in [6, 6.07) is 1.28. The molecule has 0 spiro atoms. The Morgan fingerprint density at radius 1 is 0.833 bits per heavy atom. The third kappa shape index (κ3) is 4.31. The van der Waals surface area contributed by atoms with Gasteiger partial charge in [0.05, 0.1) is 12.1 Å². The van der Waals surface area contributed by atoms with Crippen LogP contribution in [0.5, 0.6) is 0 Å². The van der Waals surface area contributed by atoms with E-state index >= 15 is 0 Å². The van der Waals surface area contributed by atoms with Gasteiger partial charge in [-0.3, -0.25) is 0 Å². The predicted molar refractivity (Wildman–Crippen MR) is 195 cm³/mol. The van der Waals surface area contributed by atoms with Crippen molar-refractivity contribution in [1.29, 1.82) is 0 Å². The summed E-state index contributed by atoms with van der Waals surface area (Å²) in [4.78, 5) is 5.66. The third-order valence-electron chi connectivity index (χ3n) is 14.1. The number of allylic oxidation sites excluding steroid dienone is 13. The molecule has 10 unspecified atom stereocenters. The largest absolute Gasteiger partial charge is 0.493 e. The Bertz CT molecular complexity index is 1720. The molecule has 0 bridgehead atoms. The summed E-state index contributed by atoms with van der Waals surface area (Å²) >= 11 is 0. The molecule has 2 heterocycles. The van der Waals surface area contributed by atoms with Crippen LogP contribution in [-0.4, -0.2) is 34.0 Å². The van der Waals surface area contributed by atoms with Gasteiger partial charge < -0.3 is 14.5 Å². The van der Waals surface area contributed by atoms with E-state index in [0.717, 1.165) is 32.1 Å². The van der Waals surface area contributed by atoms with Gasteiger partial charge in [-0.15, -0.1) is 0 Å². The minimum Gasteiger partial charge on any atom is -0.493 e. The molecule has 8 aliphatic carbocycles. The van der Waals surface area contributed by atoms with Crippen LogP contribution in [-0.2, 0) is 4.74 Å². The third-order valence-corrected chi connectivity index (χ3v) is 14.1. The van der Waals surface area contributed by atoms with Crippen molar-refractivity contribution in [2.75, 3.05) is 0 Å². The molecule has 0 aromatic rings. The average molecular weight is 637 g/mol. The molecule has 0 aromatic carbocycles. The summed E-state index contributed by atoms with van der Waals surface area (Å²) in [5, 5.41) is 0. The van der Waals surface area contributed by atoms with Crippen molar-refractivity contribution in [3.05, 3.63) is 131 Å². The summed E-state index contributed by atoms with van der Waals surface area (Å²) in [5.74, 6) is 4.45. The van der Waals surface area contributed by atoms with Crippen molar-refractivity contribution in [2.45, 2.75) is 102 Å². The first-order chi connectivity index (χ1) is 23.6. The van der Waals surface area contributed by atoms with Gasteiger partial charge in [-0.05, 0) is 87.2 Å². The van der Waals surface area contributed by atoms with E-state index in [1.54, 1.807) is 5.57 Å². The highest BCUT2D eigenvalue weighted by Gasteiger charge is 2.56. The lowest BCUT2D eigenvalue weighted by Gasteiger charge is -2.46. The summed E-state index contributed by atoms with van der Waals surface area (Å²) in [6.07, 6.45) is 52.0. The van der Waals surface area contributed by atoms with Crippen LogP contribution in [0.15, 0.2) is 131 Å². The first-order valence-electron chi connectivity index (χ1n) is 19.4. The second kappa shape index (κ2) is 11.3. The van der Waals surface area contributed by atoms with Crippen LogP contribution in [0.1, 0.15) is 78.1 Å². The van der Waals surface area contributed by atoms with E-state index in [1.165, 1.54) is 60.5 Å². The highest BCUT2D eigenvalue weighted by atomic mass is 16.5. The molecule has 248 valence electrons. The summed E-state index contributed by atoms with van der Waals surface area (Å²) in [5.41, 5.74) is 7.78. The van der Waals surface area contributed by atoms with Crippen molar-refractivity contribution >= 4 is 0 Å². The molecule has 1 saturated heterocycles. The van der Waals surface area contributed by atoms with Crippen LogP contribution in [0, 0.1) is 40.9 Å². The zero-order valence-corrected chi connectivity index (χ0v) is 28.9. The lowest BCUT2D eigenvalue weighted by molar-refractivity contribution is 0.108. The Balaban J connectivity index is 1.11. The fourth-order valence-electron chi connectivity index (χ4n) is 12.0. The molecule has 0 amide bonds. The van der Waals surface area contributed by atoms with Crippen LogP contribution >= 0.6 is 0 Å². The lowest BCUT2D eigenvalue weighted by Crippen LogP contribution is -2.45. The van der Waals surface area contributed by atoms with E-state index in [4.69, 9.17) is 4.74 Å². The van der Waals surface area contributed by atoms with Crippen molar-refractivity contribution < 1.29 is 4.74 Å². The van der Waals surface area contributed by atoms with Gasteiger partial charge in [-0.2, -0.15) is 0 Å². The molecule has 0 N–H and O–H groups in total. The van der Waals surface area contributed by atoms with Gasteiger partial charge in [0.25, 0.3) is 0 Å². The Morgan fingerprint density at radius 3 is 2.67 bits per heavy atom. The number of hydrogen-bond acceptors (Lipinski definition) is 3. The van der Waals surface area contributed by atoms with Gasteiger partial charge in [-0.1, -0.05) is 104 Å². The molecule has 0 aromatic heterocycles. The Hall–Kier alpha value is -3.46. The molecule has 3 heteroatoms. The number of nitrogens with zero attached hydrogens (tertiary/aromatic N) is 2. The van der Waals surface area contributed by atoms with Crippen LogP contribution in [0.3, 0.4) is 0 Å². The van der Waals surface area contributed by atoms with Crippen LogP contribution in [0.2, 0.25) is 0 Å². The van der Waals surface area contributed by atoms with Crippen molar-refractivity contribution in [2.24, 2.45) is 40.9 Å². The summed E-state index contributed by atoms with van der Waals surface area (Å²) in [6.45, 7) is 5.14. The Morgan fingerprint density at radius 2 is 1.75 bits per heavy atom. The maximum Gasteiger partial charge on any atom is 0.109 e. The van der Waals surface area contributed by atoms with E-state index < -0.39 is 0 Å². The molecule has 0 radical (unpaired) electrons. The van der Waals surface area contributed by atoms with Crippen molar-refractivity contribution in [3.63, 3.8) is 0 Å². The van der Waals surface area contributed by atoms with E-state index in [1.807, 2.05) is 0 Å². The van der Waals surface area contributed by atoms with Crippen LogP contribution in [0.4, 0.5) is 0 Å². The van der Waals surface area contributed by atoms with E-state index in [9.17, 15) is 0 Å². The van der Waals surface area contributed by atoms with E-state index in [0.29, 0.717) is 59.7 Å². The molecule has 48 heavy (non-hydrogen) atoms. The maximum atomic E-state index is 6.81. The van der Waals surface area contributed by atoms with Crippen LogP contribution < -0.4 is 0 Å². The number of hydrogen-bond donors (Lipinski definition) is 0. The molecular formula is C45H52N2O. The van der Waals surface area contributed by atoms with Gasteiger partial charge in [0.2, 0.25) is 0 Å². The maximum absolute atomic E-state index is 6.81. The highest BCUT2D eigenvalue weighted by Crippen LogP contribution is 2.62. The predicted octanol–water partition coefficient (Wildman–Crippen LogP) is 10.0. The molecule has 1 saturated carbocycles. The van der Waals surface area contributed by atoms with Gasteiger partial charge in [0.1, 0.15) is 11.9 Å². The molecule has 10 aliphatic rings. The second-order valence-corrected chi connectivity index (χ2v) is 16.7. The van der Waals surface area contributed by atoms with Gasteiger partial charge in [0, 0.05) is 58.8 Å². The molecule has 2 aliphatic heterocycles. The molecular weight excluding hydrogens is 585 g/mol. The SMILES string of the molecule is CC1(C)C2CC=CC=C2C2C(N(C3=CC4C5C=CCCC5N(C5=CCCC=C5)C4C=C3)C3=CCCC4=C3C3C=CCCC3O4)C=CCC21.